The Hall–Kier alpha value is -1.92. The first kappa shape index (κ1) is 16.0. The predicted octanol–water partition coefficient (Wildman–Crippen LogP) is 1.47. The van der Waals surface area contributed by atoms with Crippen molar-refractivity contribution in [1.82, 2.24) is 14.9 Å². The van der Waals surface area contributed by atoms with E-state index in [1.54, 1.807) is 6.33 Å². The van der Waals surface area contributed by atoms with Crippen molar-refractivity contribution in [2.75, 3.05) is 13.2 Å². The van der Waals surface area contributed by atoms with E-state index in [0.29, 0.717) is 13.2 Å². The molecule has 6 nitrogen and oxygen atoms in total. The molecule has 1 amide bonds. The Kier molecular flexibility index (Phi) is 4.63. The normalized spacial score (nSPS) is 21.0. The molecule has 1 fully saturated rings. The Morgan fingerprint density at radius 2 is 2.30 bits per heavy atom. The standard InChI is InChI=1S/C17H23N3O3/c1-17(11-21,19-16(22)15-8-4-5-9-23-15)10-20-12-18-13-6-2-3-7-14(13)20/h2-3,6-7,12,15,21H,4-5,8-11H2,1H3,(H,19,22). The highest BCUT2D eigenvalue weighted by atomic mass is 16.5. The quantitative estimate of drug-likeness (QED) is 0.875. The Bertz CT molecular complexity index is 679. The lowest BCUT2D eigenvalue weighted by Gasteiger charge is -2.32. The fraction of sp³-hybridized carbons (Fsp3) is 0.529. The van der Waals surface area contributed by atoms with E-state index in [1.807, 2.05) is 35.8 Å². The molecule has 2 atom stereocenters. The van der Waals surface area contributed by atoms with Gasteiger partial charge in [-0.3, -0.25) is 4.79 Å². The second-order valence-corrected chi connectivity index (χ2v) is 6.42. The molecule has 1 aliphatic rings. The number of imidazole rings is 1. The van der Waals surface area contributed by atoms with Crippen molar-refractivity contribution in [3.05, 3.63) is 30.6 Å². The maximum atomic E-state index is 12.4. The number of nitrogens with zero attached hydrogens (tertiary/aromatic N) is 2. The van der Waals surface area contributed by atoms with Crippen molar-refractivity contribution in [3.63, 3.8) is 0 Å². The number of aromatic nitrogens is 2. The number of nitrogens with one attached hydrogen (secondary N) is 1. The molecular weight excluding hydrogens is 294 g/mol. The first-order valence-electron chi connectivity index (χ1n) is 8.06. The second-order valence-electron chi connectivity index (χ2n) is 6.42. The second kappa shape index (κ2) is 6.68. The summed E-state index contributed by atoms with van der Waals surface area (Å²) in [7, 11) is 0. The number of carbonyl (C=O) groups is 1. The molecule has 2 heterocycles. The van der Waals surface area contributed by atoms with Crippen LogP contribution in [0.15, 0.2) is 30.6 Å². The van der Waals surface area contributed by atoms with Gasteiger partial charge in [-0.1, -0.05) is 12.1 Å². The molecule has 6 heteroatoms. The van der Waals surface area contributed by atoms with Gasteiger partial charge in [0.1, 0.15) is 6.10 Å². The molecule has 2 N–H and O–H groups in total. The summed E-state index contributed by atoms with van der Waals surface area (Å²) in [4.78, 5) is 16.7. The van der Waals surface area contributed by atoms with Crippen LogP contribution in [0.2, 0.25) is 0 Å². The number of amides is 1. The monoisotopic (exact) mass is 317 g/mol. The van der Waals surface area contributed by atoms with E-state index < -0.39 is 11.6 Å². The molecule has 2 unspecified atom stereocenters. The third-order valence-electron chi connectivity index (χ3n) is 4.29. The smallest absolute Gasteiger partial charge is 0.249 e. The highest BCUT2D eigenvalue weighted by molar-refractivity contribution is 5.81. The van der Waals surface area contributed by atoms with Gasteiger partial charge in [-0.2, -0.15) is 0 Å². The molecular formula is C17H23N3O3. The van der Waals surface area contributed by atoms with Crippen molar-refractivity contribution in [3.8, 4) is 0 Å². The molecule has 2 aromatic rings. The van der Waals surface area contributed by atoms with Crippen molar-refractivity contribution in [2.24, 2.45) is 0 Å². The molecule has 124 valence electrons. The van der Waals surface area contributed by atoms with Crippen LogP contribution >= 0.6 is 0 Å². The molecule has 23 heavy (non-hydrogen) atoms. The highest BCUT2D eigenvalue weighted by Gasteiger charge is 2.31. The first-order valence-corrected chi connectivity index (χ1v) is 8.06. The zero-order valence-electron chi connectivity index (χ0n) is 13.4. The Labute approximate surface area is 135 Å². The van der Waals surface area contributed by atoms with Crippen LogP contribution in [0.4, 0.5) is 0 Å². The summed E-state index contributed by atoms with van der Waals surface area (Å²) in [5, 5.41) is 12.8. The van der Waals surface area contributed by atoms with Gasteiger partial charge in [-0.15, -0.1) is 0 Å². The first-order chi connectivity index (χ1) is 11.1. The molecule has 0 aliphatic carbocycles. The largest absolute Gasteiger partial charge is 0.394 e. The van der Waals surface area contributed by atoms with E-state index in [-0.39, 0.29) is 12.5 Å². The number of rotatable bonds is 5. The average molecular weight is 317 g/mol. The summed E-state index contributed by atoms with van der Waals surface area (Å²) in [5.74, 6) is -0.148. The average Bonchev–Trinajstić information content (AvgIpc) is 2.98. The zero-order chi connectivity index (χ0) is 16.3. The van der Waals surface area contributed by atoms with Gasteiger partial charge in [-0.05, 0) is 38.3 Å². The Balaban J connectivity index is 1.73. The van der Waals surface area contributed by atoms with Crippen LogP contribution in [0, 0.1) is 0 Å². The predicted molar refractivity (Wildman–Crippen MR) is 87.0 cm³/mol. The number of benzene rings is 1. The van der Waals surface area contributed by atoms with Crippen LogP contribution in [0.25, 0.3) is 11.0 Å². The number of aliphatic hydroxyl groups is 1. The van der Waals surface area contributed by atoms with Gasteiger partial charge in [0.05, 0.1) is 29.5 Å². The van der Waals surface area contributed by atoms with Gasteiger partial charge < -0.3 is 19.7 Å². The van der Waals surface area contributed by atoms with Gasteiger partial charge in [0, 0.05) is 13.2 Å². The van der Waals surface area contributed by atoms with Gasteiger partial charge in [0.15, 0.2) is 0 Å². The van der Waals surface area contributed by atoms with Gasteiger partial charge in [0.25, 0.3) is 0 Å². The molecule has 0 spiro atoms. The van der Waals surface area contributed by atoms with E-state index in [0.717, 1.165) is 30.3 Å². The molecule has 1 saturated heterocycles. The molecule has 3 rings (SSSR count). The minimum atomic E-state index is -0.763. The molecule has 0 bridgehead atoms. The summed E-state index contributed by atoms with van der Waals surface area (Å²) >= 11 is 0. The minimum Gasteiger partial charge on any atom is -0.394 e. The van der Waals surface area contributed by atoms with Gasteiger partial charge >= 0.3 is 0 Å². The van der Waals surface area contributed by atoms with Crippen molar-refractivity contribution >= 4 is 16.9 Å². The van der Waals surface area contributed by atoms with Crippen molar-refractivity contribution in [2.45, 2.75) is 44.4 Å². The summed E-state index contributed by atoms with van der Waals surface area (Å²) in [6, 6.07) is 7.81. The fourth-order valence-electron chi connectivity index (χ4n) is 2.97. The van der Waals surface area contributed by atoms with Crippen LogP contribution in [0.3, 0.4) is 0 Å². The van der Waals surface area contributed by atoms with Crippen LogP contribution in [-0.2, 0) is 16.1 Å². The summed E-state index contributed by atoms with van der Waals surface area (Å²) in [6.45, 7) is 2.75. The number of para-hydroxylation sites is 2. The maximum absolute atomic E-state index is 12.4. The summed E-state index contributed by atoms with van der Waals surface area (Å²) in [5.41, 5.74) is 1.12. The van der Waals surface area contributed by atoms with Crippen LogP contribution in [-0.4, -0.2) is 45.4 Å². The number of hydrogen-bond acceptors (Lipinski definition) is 4. The lowest BCUT2D eigenvalue weighted by Crippen LogP contribution is -2.55. The molecule has 1 aromatic carbocycles. The number of fused-ring (bicyclic) bond motifs is 1. The Morgan fingerprint density at radius 1 is 1.48 bits per heavy atom. The van der Waals surface area contributed by atoms with E-state index in [2.05, 4.69) is 10.3 Å². The molecule has 1 aromatic heterocycles. The minimum absolute atomic E-state index is 0.148. The molecule has 1 aliphatic heterocycles. The van der Waals surface area contributed by atoms with E-state index >= 15 is 0 Å². The molecule has 0 radical (unpaired) electrons. The van der Waals surface area contributed by atoms with Crippen LogP contribution in [0.1, 0.15) is 26.2 Å². The van der Waals surface area contributed by atoms with Gasteiger partial charge in [-0.25, -0.2) is 4.98 Å². The maximum Gasteiger partial charge on any atom is 0.249 e. The number of aliphatic hydroxyl groups excluding tert-OH is 1. The van der Waals surface area contributed by atoms with Crippen molar-refractivity contribution in [1.29, 1.82) is 0 Å². The molecule has 0 saturated carbocycles. The summed E-state index contributed by atoms with van der Waals surface area (Å²) < 4.78 is 7.47. The number of hydrogen-bond donors (Lipinski definition) is 2. The van der Waals surface area contributed by atoms with E-state index in [9.17, 15) is 9.90 Å². The topological polar surface area (TPSA) is 76.4 Å². The lowest BCUT2D eigenvalue weighted by atomic mass is 10.0. The van der Waals surface area contributed by atoms with E-state index in [1.165, 1.54) is 0 Å². The fourth-order valence-corrected chi connectivity index (χ4v) is 2.97. The lowest BCUT2D eigenvalue weighted by molar-refractivity contribution is -0.138. The van der Waals surface area contributed by atoms with E-state index in [4.69, 9.17) is 4.74 Å². The van der Waals surface area contributed by atoms with Crippen LogP contribution in [0.5, 0.6) is 0 Å². The SMILES string of the molecule is CC(CO)(Cn1cnc2ccccc21)NC(=O)C1CCCCO1. The number of carbonyl (C=O) groups excluding carboxylic acids is 1. The van der Waals surface area contributed by atoms with Crippen molar-refractivity contribution < 1.29 is 14.6 Å². The number of ether oxygens (including phenoxy) is 1. The third-order valence-corrected chi connectivity index (χ3v) is 4.29. The Morgan fingerprint density at radius 3 is 3.04 bits per heavy atom. The van der Waals surface area contributed by atoms with Gasteiger partial charge in [0.2, 0.25) is 5.91 Å². The summed E-state index contributed by atoms with van der Waals surface area (Å²) in [6.07, 6.45) is 4.07. The zero-order valence-corrected chi connectivity index (χ0v) is 13.4. The van der Waals surface area contributed by atoms with Crippen LogP contribution < -0.4 is 5.32 Å². The highest BCUT2D eigenvalue weighted by Crippen LogP contribution is 2.18. The third kappa shape index (κ3) is 3.54.